The number of hydrogen-bond donors (Lipinski definition) is 2. The van der Waals surface area contributed by atoms with Crippen LogP contribution in [0.15, 0.2) is 29.2 Å². The Morgan fingerprint density at radius 1 is 1.40 bits per heavy atom. The summed E-state index contributed by atoms with van der Waals surface area (Å²) in [4.78, 5) is 28.5. The first-order valence-electron chi connectivity index (χ1n) is 6.01. The van der Waals surface area contributed by atoms with Gasteiger partial charge in [-0.25, -0.2) is 4.98 Å². The van der Waals surface area contributed by atoms with E-state index in [2.05, 4.69) is 15.3 Å². The monoisotopic (exact) mass is 274 g/mol. The van der Waals surface area contributed by atoms with E-state index in [1.165, 1.54) is 18.3 Å². The molecule has 0 radical (unpaired) electrons. The number of aromatic amines is 1. The smallest absolute Gasteiger partial charge is 0.287 e. The third-order valence-corrected chi connectivity index (χ3v) is 2.90. The van der Waals surface area contributed by atoms with Gasteiger partial charge in [-0.1, -0.05) is 0 Å². The lowest BCUT2D eigenvalue weighted by Gasteiger charge is -2.08. The summed E-state index contributed by atoms with van der Waals surface area (Å²) in [5, 5.41) is 13.5. The van der Waals surface area contributed by atoms with E-state index >= 15 is 0 Å². The Kier molecular flexibility index (Phi) is 3.79. The lowest BCUT2D eigenvalue weighted by atomic mass is 10.1. The fourth-order valence-electron chi connectivity index (χ4n) is 1.88. The molecule has 0 atom stereocenters. The Bertz CT molecular complexity index is 692. The van der Waals surface area contributed by atoms with E-state index in [9.17, 15) is 14.9 Å². The van der Waals surface area contributed by atoms with E-state index in [0.29, 0.717) is 17.9 Å². The Hall–Kier alpha value is -2.70. The largest absolute Gasteiger partial charge is 0.366 e. The number of H-pyrrole nitrogens is 1. The lowest BCUT2D eigenvalue weighted by molar-refractivity contribution is -0.385. The summed E-state index contributed by atoms with van der Waals surface area (Å²) in [6.07, 6.45) is 1.18. The van der Waals surface area contributed by atoms with Crippen LogP contribution in [0.5, 0.6) is 0 Å². The van der Waals surface area contributed by atoms with Crippen LogP contribution in [0.25, 0.3) is 0 Å². The van der Waals surface area contributed by atoms with Crippen molar-refractivity contribution in [2.24, 2.45) is 0 Å². The molecule has 0 spiro atoms. The molecular formula is C13H14N4O3. The van der Waals surface area contributed by atoms with E-state index in [1.54, 1.807) is 0 Å². The van der Waals surface area contributed by atoms with Gasteiger partial charge in [0.25, 0.3) is 11.2 Å². The van der Waals surface area contributed by atoms with Crippen LogP contribution in [0, 0.1) is 24.0 Å². The van der Waals surface area contributed by atoms with Crippen LogP contribution in [0.1, 0.15) is 16.8 Å². The number of aryl methyl sites for hydroxylation is 2. The predicted molar refractivity (Wildman–Crippen MR) is 74.8 cm³/mol. The summed E-state index contributed by atoms with van der Waals surface area (Å²) in [6, 6.07) is 4.76. The van der Waals surface area contributed by atoms with Gasteiger partial charge in [0.2, 0.25) is 0 Å². The van der Waals surface area contributed by atoms with E-state index in [-0.39, 0.29) is 11.2 Å². The SMILES string of the molecule is Cc1cc(C)c(CNc2ccc([N+](=O)[O-])cn2)c(=O)[nH]1. The second kappa shape index (κ2) is 5.52. The highest BCUT2D eigenvalue weighted by Gasteiger charge is 2.07. The molecule has 0 aliphatic rings. The minimum absolute atomic E-state index is 0.0695. The third-order valence-electron chi connectivity index (χ3n) is 2.90. The molecule has 20 heavy (non-hydrogen) atoms. The first-order chi connectivity index (χ1) is 9.47. The molecule has 7 heteroatoms. The fourth-order valence-corrected chi connectivity index (χ4v) is 1.88. The Morgan fingerprint density at radius 2 is 2.15 bits per heavy atom. The Labute approximate surface area is 114 Å². The fraction of sp³-hybridized carbons (Fsp3) is 0.231. The minimum Gasteiger partial charge on any atom is -0.366 e. The van der Waals surface area contributed by atoms with Crippen LogP contribution in [-0.2, 0) is 6.54 Å². The van der Waals surface area contributed by atoms with Gasteiger partial charge in [0.15, 0.2) is 0 Å². The van der Waals surface area contributed by atoms with Gasteiger partial charge in [-0.2, -0.15) is 0 Å². The maximum Gasteiger partial charge on any atom is 0.287 e. The van der Waals surface area contributed by atoms with Crippen molar-refractivity contribution in [2.75, 3.05) is 5.32 Å². The number of hydrogen-bond acceptors (Lipinski definition) is 5. The molecular weight excluding hydrogens is 260 g/mol. The highest BCUT2D eigenvalue weighted by atomic mass is 16.6. The van der Waals surface area contributed by atoms with E-state index in [0.717, 1.165) is 11.3 Å². The van der Waals surface area contributed by atoms with Gasteiger partial charge in [0, 0.05) is 23.9 Å². The van der Waals surface area contributed by atoms with Gasteiger partial charge in [0.05, 0.1) is 4.92 Å². The number of pyridine rings is 2. The second-order valence-electron chi connectivity index (χ2n) is 4.46. The Balaban J connectivity index is 2.13. The lowest BCUT2D eigenvalue weighted by Crippen LogP contribution is -2.18. The van der Waals surface area contributed by atoms with Crippen molar-refractivity contribution in [3.63, 3.8) is 0 Å². The van der Waals surface area contributed by atoms with Gasteiger partial charge in [-0.3, -0.25) is 14.9 Å². The normalized spacial score (nSPS) is 10.3. The number of nitro groups is 1. The molecule has 0 unspecified atom stereocenters. The van der Waals surface area contributed by atoms with Crippen LogP contribution < -0.4 is 10.9 Å². The van der Waals surface area contributed by atoms with Gasteiger partial charge >= 0.3 is 0 Å². The zero-order valence-electron chi connectivity index (χ0n) is 11.1. The average Bonchev–Trinajstić information content (AvgIpc) is 2.38. The van der Waals surface area contributed by atoms with Gasteiger partial charge in [-0.15, -0.1) is 0 Å². The molecule has 2 aromatic heterocycles. The zero-order chi connectivity index (χ0) is 14.7. The van der Waals surface area contributed by atoms with Crippen molar-refractivity contribution in [1.29, 1.82) is 0 Å². The molecule has 0 aliphatic carbocycles. The molecule has 2 aromatic rings. The summed E-state index contributed by atoms with van der Waals surface area (Å²) in [6.45, 7) is 4.00. The van der Waals surface area contributed by atoms with Crippen LogP contribution in [-0.4, -0.2) is 14.9 Å². The molecule has 0 saturated heterocycles. The highest BCUT2D eigenvalue weighted by molar-refractivity contribution is 5.41. The first-order valence-corrected chi connectivity index (χ1v) is 6.01. The highest BCUT2D eigenvalue weighted by Crippen LogP contribution is 2.13. The van der Waals surface area contributed by atoms with Crippen LogP contribution in [0.3, 0.4) is 0 Å². The summed E-state index contributed by atoms with van der Waals surface area (Å²) in [7, 11) is 0. The number of aromatic nitrogens is 2. The molecule has 0 bridgehead atoms. The number of nitrogens with zero attached hydrogens (tertiary/aromatic N) is 2. The molecule has 2 N–H and O–H groups in total. The van der Waals surface area contributed by atoms with Crippen molar-refractivity contribution in [3.8, 4) is 0 Å². The van der Waals surface area contributed by atoms with Crippen LogP contribution in [0.4, 0.5) is 11.5 Å². The van der Waals surface area contributed by atoms with Crippen LogP contribution in [0.2, 0.25) is 0 Å². The number of rotatable bonds is 4. The average molecular weight is 274 g/mol. The quantitative estimate of drug-likeness (QED) is 0.655. The van der Waals surface area contributed by atoms with E-state index < -0.39 is 4.92 Å². The minimum atomic E-state index is -0.508. The predicted octanol–water partition coefficient (Wildman–Crippen LogP) is 1.91. The molecule has 104 valence electrons. The topological polar surface area (TPSA) is 101 Å². The van der Waals surface area contributed by atoms with Crippen molar-refractivity contribution >= 4 is 11.5 Å². The van der Waals surface area contributed by atoms with Gasteiger partial charge < -0.3 is 10.3 Å². The third kappa shape index (κ3) is 3.00. The molecule has 2 rings (SSSR count). The number of anilines is 1. The molecule has 7 nitrogen and oxygen atoms in total. The van der Waals surface area contributed by atoms with Crippen LogP contribution >= 0.6 is 0 Å². The van der Waals surface area contributed by atoms with Gasteiger partial charge in [0.1, 0.15) is 12.0 Å². The van der Waals surface area contributed by atoms with E-state index in [4.69, 9.17) is 0 Å². The van der Waals surface area contributed by atoms with Crippen molar-refractivity contribution in [2.45, 2.75) is 20.4 Å². The summed E-state index contributed by atoms with van der Waals surface area (Å²) in [5.41, 5.74) is 2.11. The van der Waals surface area contributed by atoms with E-state index in [1.807, 2.05) is 19.9 Å². The molecule has 0 aromatic carbocycles. The maximum atomic E-state index is 11.8. The van der Waals surface area contributed by atoms with Crippen molar-refractivity contribution in [3.05, 3.63) is 61.7 Å². The van der Waals surface area contributed by atoms with Crippen molar-refractivity contribution in [1.82, 2.24) is 9.97 Å². The maximum absolute atomic E-state index is 11.8. The van der Waals surface area contributed by atoms with Crippen molar-refractivity contribution < 1.29 is 4.92 Å². The molecule has 0 fully saturated rings. The number of nitrogens with one attached hydrogen (secondary N) is 2. The summed E-state index contributed by atoms with van der Waals surface area (Å²) >= 11 is 0. The molecule has 2 heterocycles. The molecule has 0 amide bonds. The standard InChI is InChI=1S/C13H14N4O3/c1-8-5-9(2)16-13(18)11(8)7-15-12-4-3-10(6-14-12)17(19)20/h3-6H,7H2,1-2H3,(H,14,15)(H,16,18). The first kappa shape index (κ1) is 13.7. The van der Waals surface area contributed by atoms with Gasteiger partial charge in [-0.05, 0) is 31.5 Å². The summed E-state index contributed by atoms with van der Waals surface area (Å²) in [5.74, 6) is 0.481. The second-order valence-corrected chi connectivity index (χ2v) is 4.46. The summed E-state index contributed by atoms with van der Waals surface area (Å²) < 4.78 is 0. The molecule has 0 saturated carbocycles. The zero-order valence-corrected chi connectivity index (χ0v) is 11.1. The Morgan fingerprint density at radius 3 is 2.70 bits per heavy atom. The molecule has 0 aliphatic heterocycles.